The first-order chi connectivity index (χ1) is 16.3. The quantitative estimate of drug-likeness (QED) is 0.269. The normalized spacial score (nSPS) is 11.2. The van der Waals surface area contributed by atoms with Gasteiger partial charge in [0.05, 0.1) is 23.2 Å². The summed E-state index contributed by atoms with van der Waals surface area (Å²) in [4.78, 5) is 31.0. The number of hydrogen-bond donors (Lipinski definition) is 1. The van der Waals surface area contributed by atoms with E-state index in [0.29, 0.717) is 28.5 Å². The first-order valence-electron chi connectivity index (χ1n) is 11.4. The molecule has 0 aliphatic heterocycles. The van der Waals surface area contributed by atoms with Gasteiger partial charge in [0.1, 0.15) is 0 Å². The number of nitrogens with zero attached hydrogens (tertiary/aromatic N) is 2. The predicted octanol–water partition coefficient (Wildman–Crippen LogP) is 5.92. The molecule has 0 fully saturated rings. The lowest BCUT2D eigenvalue weighted by Gasteiger charge is -2.17. The van der Waals surface area contributed by atoms with Crippen LogP contribution in [0.25, 0.3) is 10.9 Å². The Balaban J connectivity index is 1.62. The molecule has 174 valence electrons. The number of amides is 1. The van der Waals surface area contributed by atoms with Gasteiger partial charge >= 0.3 is 0 Å². The van der Waals surface area contributed by atoms with Gasteiger partial charge in [0.15, 0.2) is 5.16 Å². The first-order valence-corrected chi connectivity index (χ1v) is 12.4. The molecule has 0 spiro atoms. The van der Waals surface area contributed by atoms with Crippen LogP contribution in [0.4, 0.5) is 5.69 Å². The largest absolute Gasteiger partial charge is 0.325 e. The maximum atomic E-state index is 13.3. The molecule has 4 rings (SSSR count). The Morgan fingerprint density at radius 1 is 1.00 bits per heavy atom. The van der Waals surface area contributed by atoms with Crippen molar-refractivity contribution in [3.8, 4) is 0 Å². The van der Waals surface area contributed by atoms with Crippen LogP contribution in [0.1, 0.15) is 42.0 Å². The summed E-state index contributed by atoms with van der Waals surface area (Å²) in [5, 5.41) is 4.19. The lowest BCUT2D eigenvalue weighted by Crippen LogP contribution is -2.25. The van der Waals surface area contributed by atoms with Crippen LogP contribution in [0.15, 0.2) is 76.7 Å². The third kappa shape index (κ3) is 5.23. The van der Waals surface area contributed by atoms with Crippen molar-refractivity contribution in [1.29, 1.82) is 0 Å². The molecule has 0 aliphatic rings. The molecule has 3 aromatic carbocycles. The maximum absolute atomic E-state index is 13.3. The van der Waals surface area contributed by atoms with Crippen molar-refractivity contribution in [3.05, 3.63) is 99.3 Å². The molecule has 5 nitrogen and oxygen atoms in total. The van der Waals surface area contributed by atoms with Gasteiger partial charge in [-0.25, -0.2) is 4.98 Å². The molecule has 0 bridgehead atoms. The van der Waals surface area contributed by atoms with E-state index in [-0.39, 0.29) is 17.2 Å². The average molecular weight is 472 g/mol. The molecular formula is C28H29N3O2S. The average Bonchev–Trinajstić information content (AvgIpc) is 2.82. The van der Waals surface area contributed by atoms with Crippen molar-refractivity contribution in [3.63, 3.8) is 0 Å². The number of thioether (sulfide) groups is 1. The second kappa shape index (κ2) is 10.3. The maximum Gasteiger partial charge on any atom is 0.262 e. The van der Waals surface area contributed by atoms with Crippen LogP contribution in [-0.4, -0.2) is 21.2 Å². The minimum absolute atomic E-state index is 0.102. The second-order valence-corrected chi connectivity index (χ2v) is 9.76. The van der Waals surface area contributed by atoms with Gasteiger partial charge in [-0.1, -0.05) is 85.8 Å². The Morgan fingerprint density at radius 2 is 1.74 bits per heavy atom. The number of carbonyl (C=O) groups is 1. The monoisotopic (exact) mass is 471 g/mol. The molecule has 1 aromatic heterocycles. The zero-order valence-electron chi connectivity index (χ0n) is 20.0. The van der Waals surface area contributed by atoms with Crippen molar-refractivity contribution in [2.24, 2.45) is 0 Å². The van der Waals surface area contributed by atoms with E-state index in [4.69, 9.17) is 4.98 Å². The van der Waals surface area contributed by atoms with Gasteiger partial charge in [-0.3, -0.25) is 14.2 Å². The number of benzene rings is 3. The highest BCUT2D eigenvalue weighted by molar-refractivity contribution is 7.99. The lowest BCUT2D eigenvalue weighted by molar-refractivity contribution is -0.113. The zero-order valence-corrected chi connectivity index (χ0v) is 20.8. The molecule has 1 heterocycles. The summed E-state index contributed by atoms with van der Waals surface area (Å²) in [7, 11) is 0. The molecule has 0 unspecified atom stereocenters. The fraction of sp³-hybridized carbons (Fsp3) is 0.250. The highest BCUT2D eigenvalue weighted by Gasteiger charge is 2.16. The van der Waals surface area contributed by atoms with E-state index < -0.39 is 0 Å². The van der Waals surface area contributed by atoms with Crippen molar-refractivity contribution >= 4 is 34.3 Å². The number of aromatic nitrogens is 2. The van der Waals surface area contributed by atoms with Crippen LogP contribution in [0, 0.1) is 13.8 Å². The van der Waals surface area contributed by atoms with Gasteiger partial charge in [0.2, 0.25) is 5.91 Å². The molecule has 1 N–H and O–H groups in total. The van der Waals surface area contributed by atoms with Crippen LogP contribution in [0.5, 0.6) is 0 Å². The SMILES string of the molecule is Cc1ccc(Cn2c(SCC(=O)Nc3c(C)cccc3C(C)C)nc3ccccc3c2=O)cc1. The van der Waals surface area contributed by atoms with Crippen LogP contribution >= 0.6 is 11.8 Å². The Bertz CT molecular complexity index is 1390. The molecule has 1 amide bonds. The molecule has 0 saturated heterocycles. The fourth-order valence-corrected chi connectivity index (χ4v) is 4.72. The molecule has 0 saturated carbocycles. The van der Waals surface area contributed by atoms with Gasteiger partial charge < -0.3 is 5.32 Å². The van der Waals surface area contributed by atoms with Gasteiger partial charge in [-0.05, 0) is 48.6 Å². The van der Waals surface area contributed by atoms with Gasteiger partial charge in [0.25, 0.3) is 5.56 Å². The summed E-state index contributed by atoms with van der Waals surface area (Å²) in [6, 6.07) is 21.5. The Labute approximate surface area is 204 Å². The Hall–Kier alpha value is -3.38. The summed E-state index contributed by atoms with van der Waals surface area (Å²) in [6.07, 6.45) is 0. The molecule has 34 heavy (non-hydrogen) atoms. The number of rotatable bonds is 7. The Morgan fingerprint density at radius 3 is 2.47 bits per heavy atom. The Kier molecular flexibility index (Phi) is 7.17. The minimum Gasteiger partial charge on any atom is -0.325 e. The summed E-state index contributed by atoms with van der Waals surface area (Å²) < 4.78 is 1.66. The lowest BCUT2D eigenvalue weighted by atomic mass is 9.98. The van der Waals surface area contributed by atoms with Crippen LogP contribution in [-0.2, 0) is 11.3 Å². The number of anilines is 1. The molecule has 4 aromatic rings. The van der Waals surface area contributed by atoms with Crippen LogP contribution in [0.2, 0.25) is 0 Å². The summed E-state index contributed by atoms with van der Waals surface area (Å²) >= 11 is 1.29. The van der Waals surface area contributed by atoms with E-state index in [9.17, 15) is 9.59 Å². The highest BCUT2D eigenvalue weighted by Crippen LogP contribution is 2.28. The molecule has 6 heteroatoms. The van der Waals surface area contributed by atoms with Gasteiger partial charge in [0, 0.05) is 5.69 Å². The van der Waals surface area contributed by atoms with E-state index in [1.54, 1.807) is 10.6 Å². The summed E-state index contributed by atoms with van der Waals surface area (Å²) in [5.41, 5.74) is 5.72. The van der Waals surface area contributed by atoms with E-state index in [1.165, 1.54) is 11.8 Å². The molecular weight excluding hydrogens is 442 g/mol. The van der Waals surface area contributed by atoms with Crippen molar-refractivity contribution in [2.75, 3.05) is 11.1 Å². The minimum atomic E-state index is -0.120. The van der Waals surface area contributed by atoms with E-state index in [2.05, 4.69) is 19.2 Å². The number of hydrogen-bond acceptors (Lipinski definition) is 4. The van der Waals surface area contributed by atoms with Crippen LogP contribution < -0.4 is 10.9 Å². The summed E-state index contributed by atoms with van der Waals surface area (Å²) in [5.74, 6) is 0.333. The van der Waals surface area contributed by atoms with Crippen molar-refractivity contribution in [1.82, 2.24) is 9.55 Å². The van der Waals surface area contributed by atoms with E-state index in [1.807, 2.05) is 74.5 Å². The molecule has 0 atom stereocenters. The smallest absolute Gasteiger partial charge is 0.262 e. The third-order valence-electron chi connectivity index (χ3n) is 5.81. The fourth-order valence-electron chi connectivity index (χ4n) is 3.92. The second-order valence-electron chi connectivity index (χ2n) is 8.82. The topological polar surface area (TPSA) is 64.0 Å². The molecule has 0 radical (unpaired) electrons. The highest BCUT2D eigenvalue weighted by atomic mass is 32.2. The standard InChI is InChI=1S/C28H29N3O2S/c1-18(2)22-10-7-8-20(4)26(22)30-25(32)17-34-28-29-24-11-6-5-9-23(24)27(33)31(28)16-21-14-12-19(3)13-15-21/h5-15,18H,16-17H2,1-4H3,(H,30,32). The number of aryl methyl sites for hydroxylation is 2. The van der Waals surface area contributed by atoms with Crippen LogP contribution in [0.3, 0.4) is 0 Å². The van der Waals surface area contributed by atoms with Crippen molar-refractivity contribution < 1.29 is 4.79 Å². The zero-order chi connectivity index (χ0) is 24.2. The number of fused-ring (bicyclic) bond motifs is 1. The van der Waals surface area contributed by atoms with E-state index in [0.717, 1.165) is 27.9 Å². The first kappa shape index (κ1) is 23.8. The number of carbonyl (C=O) groups excluding carboxylic acids is 1. The van der Waals surface area contributed by atoms with Gasteiger partial charge in [-0.2, -0.15) is 0 Å². The summed E-state index contributed by atoms with van der Waals surface area (Å²) in [6.45, 7) is 8.66. The van der Waals surface area contributed by atoms with Gasteiger partial charge in [-0.15, -0.1) is 0 Å². The molecule has 0 aliphatic carbocycles. The van der Waals surface area contributed by atoms with Crippen molar-refractivity contribution in [2.45, 2.75) is 45.3 Å². The number of nitrogens with one attached hydrogen (secondary N) is 1. The predicted molar refractivity (Wildman–Crippen MR) is 141 cm³/mol. The third-order valence-corrected chi connectivity index (χ3v) is 6.79. The van der Waals surface area contributed by atoms with E-state index >= 15 is 0 Å². The number of para-hydroxylation sites is 2.